The number of nitrogens with zero attached hydrogens (tertiary/aromatic N) is 3. The average molecular weight is 353 g/mol. The van der Waals surface area contributed by atoms with Crippen molar-refractivity contribution in [1.82, 2.24) is 25.3 Å². The normalized spacial score (nSPS) is 20.1. The molecule has 1 saturated heterocycles. The fourth-order valence-corrected chi connectivity index (χ4v) is 4.06. The molecule has 0 radical (unpaired) electrons. The molecule has 3 heterocycles. The second kappa shape index (κ2) is 7.60. The summed E-state index contributed by atoms with van der Waals surface area (Å²) in [5.74, 6) is 0.542. The zero-order valence-corrected chi connectivity index (χ0v) is 15.4. The molecule has 6 heteroatoms. The van der Waals surface area contributed by atoms with Crippen LogP contribution in [0.5, 0.6) is 0 Å². The summed E-state index contributed by atoms with van der Waals surface area (Å²) in [5.41, 5.74) is 4.46. The first-order chi connectivity index (χ1) is 12.7. The lowest BCUT2D eigenvalue weighted by Gasteiger charge is -2.17. The van der Waals surface area contributed by atoms with Gasteiger partial charge in [0, 0.05) is 32.7 Å². The highest BCUT2D eigenvalue weighted by Gasteiger charge is 2.24. The molecule has 0 bridgehead atoms. The molecule has 4 rings (SSSR count). The van der Waals surface area contributed by atoms with Crippen molar-refractivity contribution >= 4 is 5.91 Å². The van der Waals surface area contributed by atoms with Gasteiger partial charge in [0.15, 0.2) is 0 Å². The molecule has 1 atom stereocenters. The number of rotatable bonds is 5. The van der Waals surface area contributed by atoms with Crippen molar-refractivity contribution in [3.05, 3.63) is 52.8 Å². The Kier molecular flexibility index (Phi) is 5.04. The molecular formula is C20H27N5O. The van der Waals surface area contributed by atoms with E-state index in [2.05, 4.69) is 51.8 Å². The monoisotopic (exact) mass is 353 g/mol. The Labute approximate surface area is 154 Å². The number of benzene rings is 1. The van der Waals surface area contributed by atoms with Crippen molar-refractivity contribution in [3.63, 3.8) is 0 Å². The Bertz CT molecular complexity index is 761. The number of amides is 1. The molecule has 2 N–H and O–H groups in total. The second-order valence-electron chi connectivity index (χ2n) is 7.32. The van der Waals surface area contributed by atoms with Gasteiger partial charge in [-0.1, -0.05) is 24.3 Å². The Balaban J connectivity index is 1.26. The topological polar surface area (TPSA) is 62.2 Å². The highest BCUT2D eigenvalue weighted by Crippen LogP contribution is 2.28. The Morgan fingerprint density at radius 2 is 2.23 bits per heavy atom. The van der Waals surface area contributed by atoms with Crippen LogP contribution in [0.15, 0.2) is 30.3 Å². The number of hydrogen-bond donors (Lipinski definition) is 2. The summed E-state index contributed by atoms with van der Waals surface area (Å²) >= 11 is 0. The molecule has 138 valence electrons. The van der Waals surface area contributed by atoms with Gasteiger partial charge in [-0.25, -0.2) is 0 Å². The standard InChI is InChI=1S/C20H27N5O/c1-15-4-2-3-5-18(15)16-6-9-24(14-16)10-8-22-20(26)19-12-17-13-21-7-11-25(17)23-19/h2-5,12,16,21H,6-11,13-14H2,1H3,(H,22,26). The minimum Gasteiger partial charge on any atom is -0.349 e. The van der Waals surface area contributed by atoms with Gasteiger partial charge in [0.2, 0.25) is 0 Å². The SMILES string of the molecule is Cc1ccccc1C1CCN(CCNC(=O)c2cc3n(n2)CCNC3)C1. The number of aryl methyl sites for hydroxylation is 1. The summed E-state index contributed by atoms with van der Waals surface area (Å²) in [4.78, 5) is 14.8. The van der Waals surface area contributed by atoms with Crippen LogP contribution in [0.3, 0.4) is 0 Å². The second-order valence-corrected chi connectivity index (χ2v) is 7.32. The highest BCUT2D eigenvalue weighted by atomic mass is 16.1. The van der Waals surface area contributed by atoms with E-state index in [9.17, 15) is 4.79 Å². The number of likely N-dealkylation sites (tertiary alicyclic amines) is 1. The molecule has 2 aliphatic rings. The van der Waals surface area contributed by atoms with Crippen molar-refractivity contribution in [1.29, 1.82) is 0 Å². The molecule has 1 amide bonds. The maximum Gasteiger partial charge on any atom is 0.271 e. The van der Waals surface area contributed by atoms with Gasteiger partial charge in [0.05, 0.1) is 12.2 Å². The molecule has 6 nitrogen and oxygen atoms in total. The zero-order chi connectivity index (χ0) is 17.9. The third-order valence-electron chi connectivity index (χ3n) is 5.52. The molecule has 1 fully saturated rings. The maximum atomic E-state index is 12.3. The van der Waals surface area contributed by atoms with Crippen LogP contribution in [-0.2, 0) is 13.1 Å². The highest BCUT2D eigenvalue weighted by molar-refractivity contribution is 5.92. The number of aromatic nitrogens is 2. The van der Waals surface area contributed by atoms with E-state index in [1.54, 1.807) is 0 Å². The van der Waals surface area contributed by atoms with Crippen LogP contribution < -0.4 is 10.6 Å². The van der Waals surface area contributed by atoms with Gasteiger partial charge in [-0.15, -0.1) is 0 Å². The lowest BCUT2D eigenvalue weighted by atomic mass is 9.94. The number of carbonyl (C=O) groups is 1. The summed E-state index contributed by atoms with van der Waals surface area (Å²) in [7, 11) is 0. The van der Waals surface area contributed by atoms with Gasteiger partial charge in [-0.05, 0) is 43.0 Å². The van der Waals surface area contributed by atoms with Crippen molar-refractivity contribution in [2.75, 3.05) is 32.7 Å². The van der Waals surface area contributed by atoms with E-state index >= 15 is 0 Å². The first-order valence-corrected chi connectivity index (χ1v) is 9.54. The van der Waals surface area contributed by atoms with Gasteiger partial charge in [-0.2, -0.15) is 5.10 Å². The van der Waals surface area contributed by atoms with Crippen molar-refractivity contribution in [2.24, 2.45) is 0 Å². The molecule has 26 heavy (non-hydrogen) atoms. The summed E-state index contributed by atoms with van der Waals surface area (Å²) in [6, 6.07) is 10.6. The number of fused-ring (bicyclic) bond motifs is 1. The van der Waals surface area contributed by atoms with E-state index in [0.29, 0.717) is 18.2 Å². The van der Waals surface area contributed by atoms with Crippen molar-refractivity contribution in [2.45, 2.75) is 32.4 Å². The van der Waals surface area contributed by atoms with E-state index in [0.717, 1.165) is 45.0 Å². The minimum absolute atomic E-state index is 0.0680. The van der Waals surface area contributed by atoms with E-state index in [4.69, 9.17) is 0 Å². The predicted octanol–water partition coefficient (Wildman–Crippen LogP) is 1.51. The van der Waals surface area contributed by atoms with Gasteiger partial charge in [-0.3, -0.25) is 9.48 Å². The molecule has 0 aliphatic carbocycles. The smallest absolute Gasteiger partial charge is 0.271 e. The van der Waals surface area contributed by atoms with Crippen LogP contribution in [0.2, 0.25) is 0 Å². The lowest BCUT2D eigenvalue weighted by molar-refractivity contribution is 0.0944. The van der Waals surface area contributed by atoms with Crippen molar-refractivity contribution in [3.8, 4) is 0 Å². The van der Waals surface area contributed by atoms with Gasteiger partial charge in [0.1, 0.15) is 5.69 Å². The van der Waals surface area contributed by atoms with Gasteiger partial charge in [0.25, 0.3) is 5.91 Å². The van der Waals surface area contributed by atoms with Crippen LogP contribution in [0.1, 0.15) is 39.6 Å². The molecule has 1 aromatic heterocycles. The summed E-state index contributed by atoms with van der Waals surface area (Å²) in [6.45, 7) is 8.45. The Morgan fingerprint density at radius 1 is 1.35 bits per heavy atom. The lowest BCUT2D eigenvalue weighted by Crippen LogP contribution is -2.34. The predicted molar refractivity (Wildman–Crippen MR) is 101 cm³/mol. The molecule has 2 aliphatic heterocycles. The third-order valence-corrected chi connectivity index (χ3v) is 5.52. The summed E-state index contributed by atoms with van der Waals surface area (Å²) in [6.07, 6.45) is 1.19. The van der Waals surface area contributed by atoms with E-state index in [1.807, 2.05) is 10.7 Å². The van der Waals surface area contributed by atoms with Crippen LogP contribution in [0.25, 0.3) is 0 Å². The average Bonchev–Trinajstić information content (AvgIpc) is 3.29. The van der Waals surface area contributed by atoms with E-state index in [1.165, 1.54) is 17.5 Å². The summed E-state index contributed by atoms with van der Waals surface area (Å²) < 4.78 is 1.93. The quantitative estimate of drug-likeness (QED) is 0.855. The van der Waals surface area contributed by atoms with Gasteiger partial charge >= 0.3 is 0 Å². The molecule has 0 saturated carbocycles. The fraction of sp³-hybridized carbons (Fsp3) is 0.500. The largest absolute Gasteiger partial charge is 0.349 e. The Hall–Kier alpha value is -2.18. The molecule has 1 unspecified atom stereocenters. The first kappa shape index (κ1) is 17.2. The van der Waals surface area contributed by atoms with Crippen LogP contribution in [0, 0.1) is 6.92 Å². The Morgan fingerprint density at radius 3 is 3.08 bits per heavy atom. The molecule has 2 aromatic rings. The fourth-order valence-electron chi connectivity index (χ4n) is 4.06. The van der Waals surface area contributed by atoms with E-state index in [-0.39, 0.29) is 5.91 Å². The first-order valence-electron chi connectivity index (χ1n) is 9.54. The zero-order valence-electron chi connectivity index (χ0n) is 15.4. The van der Waals surface area contributed by atoms with E-state index < -0.39 is 0 Å². The maximum absolute atomic E-state index is 12.3. The number of nitrogens with one attached hydrogen (secondary N) is 2. The summed E-state index contributed by atoms with van der Waals surface area (Å²) in [5, 5.41) is 10.7. The molecular weight excluding hydrogens is 326 g/mol. The van der Waals surface area contributed by atoms with Gasteiger partial charge < -0.3 is 15.5 Å². The minimum atomic E-state index is -0.0680. The number of hydrogen-bond acceptors (Lipinski definition) is 4. The van der Waals surface area contributed by atoms with Crippen LogP contribution in [0.4, 0.5) is 0 Å². The van der Waals surface area contributed by atoms with Crippen LogP contribution in [-0.4, -0.2) is 53.3 Å². The molecule has 1 aromatic carbocycles. The third kappa shape index (κ3) is 3.66. The number of carbonyl (C=O) groups excluding carboxylic acids is 1. The van der Waals surface area contributed by atoms with Crippen LogP contribution >= 0.6 is 0 Å². The molecule has 0 spiro atoms. The van der Waals surface area contributed by atoms with Crippen molar-refractivity contribution < 1.29 is 4.79 Å².